The molecule has 3 heteroatoms. The molecular weight excluding hydrogens is 258 g/mol. The van der Waals surface area contributed by atoms with Crippen molar-refractivity contribution in [1.29, 1.82) is 5.26 Å². The van der Waals surface area contributed by atoms with Crippen LogP contribution in [0, 0.1) is 18.3 Å². The van der Waals surface area contributed by atoms with Gasteiger partial charge in [0, 0.05) is 41.8 Å². The minimum atomic E-state index is 0.551. The Morgan fingerprint density at radius 3 is 2.90 bits per heavy atom. The Labute approximate surface area is 124 Å². The van der Waals surface area contributed by atoms with Crippen molar-refractivity contribution in [3.63, 3.8) is 0 Å². The van der Waals surface area contributed by atoms with Crippen LogP contribution in [-0.4, -0.2) is 9.97 Å². The van der Waals surface area contributed by atoms with E-state index in [1.807, 2.05) is 12.3 Å². The van der Waals surface area contributed by atoms with Crippen molar-refractivity contribution in [1.82, 2.24) is 9.97 Å². The minimum absolute atomic E-state index is 0.551. The van der Waals surface area contributed by atoms with Crippen molar-refractivity contribution >= 4 is 10.9 Å². The highest BCUT2D eigenvalue weighted by atomic mass is 14.7. The monoisotopic (exact) mass is 275 g/mol. The van der Waals surface area contributed by atoms with Crippen molar-refractivity contribution < 1.29 is 0 Å². The molecular formula is C18H17N3. The van der Waals surface area contributed by atoms with Crippen molar-refractivity contribution in [3.05, 3.63) is 65.1 Å². The topological polar surface area (TPSA) is 52.5 Å². The molecule has 3 rings (SSSR count). The van der Waals surface area contributed by atoms with Gasteiger partial charge in [0.2, 0.25) is 0 Å². The maximum atomic E-state index is 8.84. The van der Waals surface area contributed by atoms with E-state index in [4.69, 9.17) is 5.26 Å². The molecule has 2 aromatic heterocycles. The van der Waals surface area contributed by atoms with Crippen LogP contribution >= 0.6 is 0 Å². The molecule has 0 saturated heterocycles. The van der Waals surface area contributed by atoms with Crippen LogP contribution in [0.3, 0.4) is 0 Å². The van der Waals surface area contributed by atoms with Gasteiger partial charge in [0.15, 0.2) is 0 Å². The Hall–Kier alpha value is -2.60. The minimum Gasteiger partial charge on any atom is -0.358 e. The zero-order chi connectivity index (χ0) is 14.7. The van der Waals surface area contributed by atoms with E-state index in [9.17, 15) is 0 Å². The summed E-state index contributed by atoms with van der Waals surface area (Å²) in [5.74, 6) is 0. The lowest BCUT2D eigenvalue weighted by Gasteiger charge is -2.06. The Morgan fingerprint density at radius 2 is 2.14 bits per heavy atom. The van der Waals surface area contributed by atoms with Gasteiger partial charge < -0.3 is 4.98 Å². The van der Waals surface area contributed by atoms with Gasteiger partial charge in [-0.3, -0.25) is 4.98 Å². The number of benzene rings is 1. The standard InChI is InChI=1S/C18H17N3/c1-13-16(11-14-5-4-10-20-12-14)18-15(7-3-9-19)6-2-8-17(18)21-13/h2,4-6,8,10,12,21H,3,7,11H2,1H3. The first kappa shape index (κ1) is 13.4. The molecule has 0 spiro atoms. The van der Waals surface area contributed by atoms with E-state index in [2.05, 4.69) is 47.2 Å². The third kappa shape index (κ3) is 2.66. The smallest absolute Gasteiger partial charge is 0.0625 e. The lowest BCUT2D eigenvalue weighted by atomic mass is 9.97. The number of H-pyrrole nitrogens is 1. The number of fused-ring (bicyclic) bond motifs is 1. The number of hydrogen-bond donors (Lipinski definition) is 1. The molecule has 2 heterocycles. The van der Waals surface area contributed by atoms with Crippen LogP contribution in [0.5, 0.6) is 0 Å². The quantitative estimate of drug-likeness (QED) is 0.784. The van der Waals surface area contributed by atoms with Gasteiger partial charge >= 0.3 is 0 Å². The fourth-order valence-corrected chi connectivity index (χ4v) is 2.85. The second-order valence-corrected chi connectivity index (χ2v) is 5.26. The summed E-state index contributed by atoms with van der Waals surface area (Å²) >= 11 is 0. The number of hydrogen-bond acceptors (Lipinski definition) is 2. The van der Waals surface area contributed by atoms with Crippen LogP contribution in [0.4, 0.5) is 0 Å². The van der Waals surface area contributed by atoms with Crippen molar-refractivity contribution in [3.8, 4) is 6.07 Å². The summed E-state index contributed by atoms with van der Waals surface area (Å²) in [6.07, 6.45) is 5.92. The van der Waals surface area contributed by atoms with E-state index in [0.717, 1.165) is 18.4 Å². The molecule has 1 aromatic carbocycles. The Balaban J connectivity index is 2.08. The average molecular weight is 275 g/mol. The predicted octanol–water partition coefficient (Wildman–Crippen LogP) is 3.92. The fourth-order valence-electron chi connectivity index (χ4n) is 2.85. The summed E-state index contributed by atoms with van der Waals surface area (Å²) in [6.45, 7) is 2.11. The molecule has 1 N–H and O–H groups in total. The zero-order valence-corrected chi connectivity index (χ0v) is 12.1. The van der Waals surface area contributed by atoms with E-state index >= 15 is 0 Å². The first-order chi connectivity index (χ1) is 10.3. The Morgan fingerprint density at radius 1 is 1.24 bits per heavy atom. The maximum absolute atomic E-state index is 8.84. The lowest BCUT2D eigenvalue weighted by Crippen LogP contribution is -1.93. The van der Waals surface area contributed by atoms with Gasteiger partial charge in [0.25, 0.3) is 0 Å². The van der Waals surface area contributed by atoms with E-state index < -0.39 is 0 Å². The molecule has 104 valence electrons. The van der Waals surface area contributed by atoms with Gasteiger partial charge in [-0.2, -0.15) is 5.26 Å². The summed E-state index contributed by atoms with van der Waals surface area (Å²) in [6, 6.07) is 12.6. The third-order valence-corrected chi connectivity index (χ3v) is 3.84. The molecule has 3 nitrogen and oxygen atoms in total. The van der Waals surface area contributed by atoms with Gasteiger partial charge in [-0.1, -0.05) is 18.2 Å². The second-order valence-electron chi connectivity index (χ2n) is 5.26. The number of nitrogens with zero attached hydrogens (tertiary/aromatic N) is 2. The number of nitriles is 1. The largest absolute Gasteiger partial charge is 0.358 e. The van der Waals surface area contributed by atoms with Crippen molar-refractivity contribution in [2.45, 2.75) is 26.2 Å². The van der Waals surface area contributed by atoms with Crippen LogP contribution in [-0.2, 0) is 12.8 Å². The molecule has 0 saturated carbocycles. The number of aryl methyl sites for hydroxylation is 2. The van der Waals surface area contributed by atoms with E-state index in [1.54, 1.807) is 6.20 Å². The van der Waals surface area contributed by atoms with Crippen LogP contribution in [0.2, 0.25) is 0 Å². The maximum Gasteiger partial charge on any atom is 0.0625 e. The molecule has 0 aliphatic heterocycles. The highest BCUT2D eigenvalue weighted by Crippen LogP contribution is 2.28. The fraction of sp³-hybridized carbons (Fsp3) is 0.222. The van der Waals surface area contributed by atoms with Crippen molar-refractivity contribution in [2.24, 2.45) is 0 Å². The molecule has 0 fully saturated rings. The summed E-state index contributed by atoms with van der Waals surface area (Å²) < 4.78 is 0. The molecule has 0 radical (unpaired) electrons. The molecule has 0 atom stereocenters. The SMILES string of the molecule is Cc1[nH]c2cccc(CCC#N)c2c1Cc1cccnc1. The van der Waals surface area contributed by atoms with Crippen LogP contribution in [0.1, 0.15) is 28.8 Å². The summed E-state index contributed by atoms with van der Waals surface area (Å²) in [4.78, 5) is 7.65. The lowest BCUT2D eigenvalue weighted by molar-refractivity contribution is 1.02. The average Bonchev–Trinajstić information content (AvgIpc) is 2.83. The van der Waals surface area contributed by atoms with Gasteiger partial charge in [0.05, 0.1) is 6.07 Å². The second kappa shape index (κ2) is 5.80. The summed E-state index contributed by atoms with van der Waals surface area (Å²) in [5, 5.41) is 10.1. The summed E-state index contributed by atoms with van der Waals surface area (Å²) in [5.41, 5.74) is 6.11. The predicted molar refractivity (Wildman–Crippen MR) is 84.0 cm³/mol. The molecule has 0 aliphatic rings. The van der Waals surface area contributed by atoms with Crippen molar-refractivity contribution in [2.75, 3.05) is 0 Å². The first-order valence-electron chi connectivity index (χ1n) is 7.14. The summed E-state index contributed by atoms with van der Waals surface area (Å²) in [7, 11) is 0. The zero-order valence-electron chi connectivity index (χ0n) is 12.1. The number of aromatic nitrogens is 2. The number of rotatable bonds is 4. The molecule has 0 bridgehead atoms. The van der Waals surface area contributed by atoms with Gasteiger partial charge in [-0.05, 0) is 42.2 Å². The van der Waals surface area contributed by atoms with E-state index in [0.29, 0.717) is 6.42 Å². The number of pyridine rings is 1. The Kier molecular flexibility index (Phi) is 3.70. The van der Waals surface area contributed by atoms with Crippen LogP contribution < -0.4 is 0 Å². The van der Waals surface area contributed by atoms with Gasteiger partial charge in [0.1, 0.15) is 0 Å². The normalized spacial score (nSPS) is 10.7. The molecule has 0 aliphatic carbocycles. The molecule has 3 aromatic rings. The van der Waals surface area contributed by atoms with Gasteiger partial charge in [-0.15, -0.1) is 0 Å². The number of nitrogens with one attached hydrogen (secondary N) is 1. The molecule has 0 unspecified atom stereocenters. The van der Waals surface area contributed by atoms with Gasteiger partial charge in [-0.25, -0.2) is 0 Å². The van der Waals surface area contributed by atoms with Crippen LogP contribution in [0.25, 0.3) is 10.9 Å². The highest BCUT2D eigenvalue weighted by molar-refractivity contribution is 5.88. The van der Waals surface area contributed by atoms with E-state index in [1.165, 1.54) is 27.8 Å². The van der Waals surface area contributed by atoms with Crippen LogP contribution in [0.15, 0.2) is 42.7 Å². The molecule has 21 heavy (non-hydrogen) atoms. The van der Waals surface area contributed by atoms with E-state index in [-0.39, 0.29) is 0 Å². The first-order valence-corrected chi connectivity index (χ1v) is 7.14. The molecule has 0 amide bonds. The Bertz CT molecular complexity index is 794. The third-order valence-electron chi connectivity index (χ3n) is 3.84. The highest BCUT2D eigenvalue weighted by Gasteiger charge is 2.12. The number of aromatic amines is 1.